The van der Waals surface area contributed by atoms with Crippen LogP contribution in [0.3, 0.4) is 0 Å². The number of carbonyl (C=O) groups excluding carboxylic acids is 1. The molecule has 1 aromatic rings. The van der Waals surface area contributed by atoms with E-state index in [9.17, 15) is 13.6 Å². The third-order valence-electron chi connectivity index (χ3n) is 2.06. The molecule has 0 saturated heterocycles. The monoisotopic (exact) mass is 308 g/mol. The molecule has 1 atom stereocenters. The summed E-state index contributed by atoms with van der Waals surface area (Å²) >= 11 is 3.20. The number of hydrogen-bond donors (Lipinski definition) is 0. The number of hydrogen-bond acceptors (Lipinski definition) is 3. The molecule has 17 heavy (non-hydrogen) atoms. The molecule has 0 aliphatic carbocycles. The molecule has 0 amide bonds. The van der Waals surface area contributed by atoms with Crippen LogP contribution in [-0.2, 0) is 4.79 Å². The summed E-state index contributed by atoms with van der Waals surface area (Å²) in [6.45, 7) is -1.47. The Labute approximate surface area is 106 Å². The van der Waals surface area contributed by atoms with Gasteiger partial charge in [-0.15, -0.1) is 0 Å². The van der Waals surface area contributed by atoms with Crippen molar-refractivity contribution in [3.63, 3.8) is 0 Å². The molecule has 3 nitrogen and oxygen atoms in total. The van der Waals surface area contributed by atoms with Crippen LogP contribution < -0.4 is 9.47 Å². The highest BCUT2D eigenvalue weighted by Gasteiger charge is 2.18. The van der Waals surface area contributed by atoms with Gasteiger partial charge in [0.1, 0.15) is 22.1 Å². The van der Waals surface area contributed by atoms with Crippen LogP contribution >= 0.6 is 15.9 Å². The molecule has 0 N–H and O–H groups in total. The van der Waals surface area contributed by atoms with Crippen molar-refractivity contribution < 1.29 is 23.0 Å². The predicted octanol–water partition coefficient (Wildman–Crippen LogP) is 3.32. The van der Waals surface area contributed by atoms with Crippen LogP contribution in [0.4, 0.5) is 8.78 Å². The Bertz CT molecular complexity index is 410. The summed E-state index contributed by atoms with van der Waals surface area (Å²) in [6, 6.07) is 4.19. The summed E-state index contributed by atoms with van der Waals surface area (Å²) in [5.74, 6) is 0.204. The average Bonchev–Trinajstić information content (AvgIpc) is 2.27. The Kier molecular flexibility index (Phi) is 4.86. The fourth-order valence-electron chi connectivity index (χ4n) is 1.30. The van der Waals surface area contributed by atoms with Gasteiger partial charge in [0.25, 0.3) is 0 Å². The highest BCUT2D eigenvalue weighted by atomic mass is 79.9. The van der Waals surface area contributed by atoms with Crippen molar-refractivity contribution in [2.75, 3.05) is 7.11 Å². The second kappa shape index (κ2) is 5.95. The lowest BCUT2D eigenvalue weighted by Gasteiger charge is -2.13. The molecule has 0 spiro atoms. The zero-order valence-corrected chi connectivity index (χ0v) is 10.8. The highest BCUT2D eigenvalue weighted by molar-refractivity contribution is 9.09. The van der Waals surface area contributed by atoms with E-state index in [0.29, 0.717) is 11.3 Å². The first kappa shape index (κ1) is 13.9. The molecule has 6 heteroatoms. The minimum Gasteiger partial charge on any atom is -0.496 e. The van der Waals surface area contributed by atoms with Gasteiger partial charge in [-0.2, -0.15) is 8.78 Å². The SMILES string of the molecule is COc1cc(OC(F)F)ccc1C(Br)C(C)=O. The molecule has 1 unspecified atom stereocenters. The van der Waals surface area contributed by atoms with E-state index in [1.165, 1.54) is 32.2 Å². The number of benzene rings is 1. The van der Waals surface area contributed by atoms with Crippen LogP contribution in [0.5, 0.6) is 11.5 Å². The smallest absolute Gasteiger partial charge is 0.387 e. The van der Waals surface area contributed by atoms with E-state index in [4.69, 9.17) is 4.74 Å². The predicted molar refractivity (Wildman–Crippen MR) is 62.0 cm³/mol. The molecule has 1 aromatic carbocycles. The van der Waals surface area contributed by atoms with Crippen molar-refractivity contribution in [3.8, 4) is 11.5 Å². The third-order valence-corrected chi connectivity index (χ3v) is 3.20. The van der Waals surface area contributed by atoms with Crippen molar-refractivity contribution in [3.05, 3.63) is 23.8 Å². The number of alkyl halides is 3. The van der Waals surface area contributed by atoms with E-state index in [1.54, 1.807) is 0 Å². The van der Waals surface area contributed by atoms with Gasteiger partial charge in [0.05, 0.1) is 7.11 Å². The maximum Gasteiger partial charge on any atom is 0.387 e. The fourth-order valence-corrected chi connectivity index (χ4v) is 1.67. The lowest BCUT2D eigenvalue weighted by atomic mass is 10.1. The van der Waals surface area contributed by atoms with Crippen molar-refractivity contribution in [1.82, 2.24) is 0 Å². The van der Waals surface area contributed by atoms with Gasteiger partial charge in [-0.05, 0) is 13.0 Å². The standard InChI is InChI=1S/C11H11BrF2O3/c1-6(15)10(12)8-4-3-7(17-11(13)14)5-9(8)16-2/h3-5,10-11H,1-2H3. The van der Waals surface area contributed by atoms with Gasteiger partial charge in [-0.25, -0.2) is 0 Å². The Morgan fingerprint density at radius 1 is 1.41 bits per heavy atom. The number of halogens is 3. The van der Waals surface area contributed by atoms with Crippen LogP contribution in [-0.4, -0.2) is 19.5 Å². The number of carbonyl (C=O) groups is 1. The Balaban J connectivity index is 3.05. The van der Waals surface area contributed by atoms with Gasteiger partial charge in [0, 0.05) is 11.6 Å². The van der Waals surface area contributed by atoms with Crippen LogP contribution in [0.25, 0.3) is 0 Å². The summed E-state index contributed by atoms with van der Waals surface area (Å²) in [7, 11) is 1.39. The van der Waals surface area contributed by atoms with Crippen LogP contribution in [0.2, 0.25) is 0 Å². The molecule has 0 saturated carbocycles. The maximum absolute atomic E-state index is 12.0. The van der Waals surface area contributed by atoms with E-state index in [2.05, 4.69) is 20.7 Å². The first-order valence-corrected chi connectivity index (χ1v) is 5.64. The van der Waals surface area contributed by atoms with Gasteiger partial charge in [-0.3, -0.25) is 4.79 Å². The van der Waals surface area contributed by atoms with E-state index >= 15 is 0 Å². The summed E-state index contributed by atoms with van der Waals surface area (Å²) in [5.41, 5.74) is 0.571. The summed E-state index contributed by atoms with van der Waals surface area (Å²) in [4.78, 5) is 10.7. The molecule has 1 rings (SSSR count). The quantitative estimate of drug-likeness (QED) is 0.783. The number of Topliss-reactive ketones (excluding diaryl/α,β-unsaturated/α-hetero) is 1. The lowest BCUT2D eigenvalue weighted by Crippen LogP contribution is -2.05. The molecule has 0 aliphatic heterocycles. The largest absolute Gasteiger partial charge is 0.496 e. The van der Waals surface area contributed by atoms with E-state index < -0.39 is 11.4 Å². The molecule has 0 radical (unpaired) electrons. The minimum absolute atomic E-state index is 0.0103. The summed E-state index contributed by atoms with van der Waals surface area (Å²) < 4.78 is 33.3. The molecule has 0 aromatic heterocycles. The number of ether oxygens (including phenoxy) is 2. The number of ketones is 1. The van der Waals surface area contributed by atoms with Crippen molar-refractivity contribution in [2.24, 2.45) is 0 Å². The molecule has 94 valence electrons. The van der Waals surface area contributed by atoms with Crippen LogP contribution in [0.15, 0.2) is 18.2 Å². The third kappa shape index (κ3) is 3.66. The van der Waals surface area contributed by atoms with Gasteiger partial charge >= 0.3 is 6.61 Å². The molecular weight excluding hydrogens is 298 g/mol. The second-order valence-corrected chi connectivity index (χ2v) is 4.17. The summed E-state index contributed by atoms with van der Waals surface area (Å²) in [6.07, 6.45) is 0. The average molecular weight is 309 g/mol. The minimum atomic E-state index is -2.89. The van der Waals surface area contributed by atoms with E-state index in [1.807, 2.05) is 0 Å². The lowest BCUT2D eigenvalue weighted by molar-refractivity contribution is -0.116. The van der Waals surface area contributed by atoms with Crippen LogP contribution in [0, 0.1) is 0 Å². The molecular formula is C11H11BrF2O3. The number of rotatable bonds is 5. The van der Waals surface area contributed by atoms with Gasteiger partial charge in [0.2, 0.25) is 0 Å². The number of methoxy groups -OCH3 is 1. The Morgan fingerprint density at radius 2 is 2.06 bits per heavy atom. The molecule has 0 heterocycles. The van der Waals surface area contributed by atoms with Gasteiger partial charge in [-0.1, -0.05) is 22.0 Å². The topological polar surface area (TPSA) is 35.5 Å². The summed E-state index contributed by atoms with van der Waals surface area (Å²) in [5, 5.41) is 0. The van der Waals surface area contributed by atoms with Crippen molar-refractivity contribution in [2.45, 2.75) is 18.4 Å². The van der Waals surface area contributed by atoms with Crippen LogP contribution in [0.1, 0.15) is 17.3 Å². The zero-order valence-electron chi connectivity index (χ0n) is 9.25. The van der Waals surface area contributed by atoms with Gasteiger partial charge < -0.3 is 9.47 Å². The highest BCUT2D eigenvalue weighted by Crippen LogP contribution is 2.34. The fraction of sp³-hybridized carbons (Fsp3) is 0.364. The normalized spacial score (nSPS) is 12.4. The molecule has 0 fully saturated rings. The van der Waals surface area contributed by atoms with E-state index in [0.717, 1.165) is 0 Å². The zero-order chi connectivity index (χ0) is 13.0. The van der Waals surface area contributed by atoms with E-state index in [-0.39, 0.29) is 11.5 Å². The second-order valence-electron chi connectivity index (χ2n) is 3.26. The van der Waals surface area contributed by atoms with Crippen molar-refractivity contribution in [1.29, 1.82) is 0 Å². The maximum atomic E-state index is 12.0. The van der Waals surface area contributed by atoms with Gasteiger partial charge in [0.15, 0.2) is 0 Å². The first-order valence-electron chi connectivity index (χ1n) is 4.73. The Morgan fingerprint density at radius 3 is 2.53 bits per heavy atom. The Hall–Kier alpha value is -1.17. The van der Waals surface area contributed by atoms with Crippen molar-refractivity contribution >= 4 is 21.7 Å². The first-order chi connectivity index (χ1) is 7.95. The molecule has 0 aliphatic rings. The molecule has 0 bridgehead atoms.